The molecule has 9 heteroatoms. The lowest BCUT2D eigenvalue weighted by Gasteiger charge is -2.12. The first kappa shape index (κ1) is 26.0. The highest BCUT2D eigenvalue weighted by Gasteiger charge is 2.05. The number of halogens is 1. The van der Waals surface area contributed by atoms with Gasteiger partial charge in [-0.3, -0.25) is 4.99 Å². The van der Waals surface area contributed by atoms with Crippen LogP contribution in [0.1, 0.15) is 38.7 Å². The van der Waals surface area contributed by atoms with Crippen LogP contribution >= 0.6 is 24.0 Å². The third kappa shape index (κ3) is 9.64. The third-order valence-corrected chi connectivity index (χ3v) is 4.37. The van der Waals surface area contributed by atoms with Crippen LogP contribution < -0.4 is 20.1 Å². The standard InChI is InChI=1S/C21H34N6O2.HI/c1-4-22-21(23-12-6-7-14-27-16-25-26-17-27)24-13-8-9-18-10-11-19(28-3)20(15-18)29-5-2;/h10-11,15-17H,4-9,12-14H2,1-3H3,(H2,22,23,24);1H. The number of hydrogen-bond acceptors (Lipinski definition) is 5. The number of aryl methyl sites for hydroxylation is 2. The average Bonchev–Trinajstić information content (AvgIpc) is 3.25. The van der Waals surface area contributed by atoms with Crippen LogP contribution in [0, 0.1) is 0 Å². The smallest absolute Gasteiger partial charge is 0.191 e. The van der Waals surface area contributed by atoms with Crippen molar-refractivity contribution in [3.8, 4) is 11.5 Å². The summed E-state index contributed by atoms with van der Waals surface area (Å²) in [7, 11) is 1.66. The van der Waals surface area contributed by atoms with Gasteiger partial charge in [-0.15, -0.1) is 34.2 Å². The fourth-order valence-electron chi connectivity index (χ4n) is 2.92. The van der Waals surface area contributed by atoms with Crippen molar-refractivity contribution >= 4 is 29.9 Å². The van der Waals surface area contributed by atoms with Crippen LogP contribution in [-0.4, -0.2) is 54.1 Å². The van der Waals surface area contributed by atoms with Crippen LogP contribution in [0.15, 0.2) is 35.8 Å². The fourth-order valence-corrected chi connectivity index (χ4v) is 2.92. The minimum absolute atomic E-state index is 0. The first-order chi connectivity index (χ1) is 14.3. The van der Waals surface area contributed by atoms with E-state index in [0.717, 1.165) is 69.3 Å². The Morgan fingerprint density at radius 3 is 2.57 bits per heavy atom. The van der Waals surface area contributed by atoms with Crippen molar-refractivity contribution in [1.29, 1.82) is 0 Å². The zero-order valence-electron chi connectivity index (χ0n) is 18.3. The van der Waals surface area contributed by atoms with Crippen LogP contribution in [0.3, 0.4) is 0 Å². The number of aliphatic imine (C=N–C) groups is 1. The summed E-state index contributed by atoms with van der Waals surface area (Å²) in [6.45, 7) is 8.13. The predicted molar refractivity (Wildman–Crippen MR) is 131 cm³/mol. The van der Waals surface area contributed by atoms with Crippen molar-refractivity contribution in [3.05, 3.63) is 36.4 Å². The number of aromatic nitrogens is 3. The Hall–Kier alpha value is -2.04. The molecule has 1 heterocycles. The molecule has 8 nitrogen and oxygen atoms in total. The molecule has 168 valence electrons. The molecule has 30 heavy (non-hydrogen) atoms. The molecule has 0 unspecified atom stereocenters. The minimum Gasteiger partial charge on any atom is -0.493 e. The molecule has 0 atom stereocenters. The topological polar surface area (TPSA) is 85.6 Å². The highest BCUT2D eigenvalue weighted by Crippen LogP contribution is 2.28. The summed E-state index contributed by atoms with van der Waals surface area (Å²) in [6, 6.07) is 6.12. The molecule has 2 N–H and O–H groups in total. The molecule has 0 fully saturated rings. The Labute approximate surface area is 196 Å². The second-order valence-corrected chi connectivity index (χ2v) is 6.62. The Kier molecular flexibility index (Phi) is 13.7. The van der Waals surface area contributed by atoms with Gasteiger partial charge in [-0.25, -0.2) is 0 Å². The molecular formula is C21H35IN6O2. The molecule has 0 radical (unpaired) electrons. The number of unbranched alkanes of at least 4 members (excludes halogenated alkanes) is 1. The van der Waals surface area contributed by atoms with E-state index in [1.807, 2.05) is 17.6 Å². The Morgan fingerprint density at radius 2 is 1.87 bits per heavy atom. The van der Waals surface area contributed by atoms with Crippen LogP contribution in [0.5, 0.6) is 11.5 Å². The number of nitrogens with zero attached hydrogens (tertiary/aromatic N) is 4. The number of methoxy groups -OCH3 is 1. The van der Waals surface area contributed by atoms with Crippen LogP contribution in [0.25, 0.3) is 0 Å². The number of guanidine groups is 1. The maximum Gasteiger partial charge on any atom is 0.191 e. The van der Waals surface area contributed by atoms with Gasteiger partial charge in [-0.1, -0.05) is 6.07 Å². The lowest BCUT2D eigenvalue weighted by atomic mass is 10.1. The number of rotatable bonds is 13. The zero-order valence-corrected chi connectivity index (χ0v) is 20.6. The first-order valence-electron chi connectivity index (χ1n) is 10.4. The molecule has 0 aliphatic rings. The van der Waals surface area contributed by atoms with Crippen molar-refractivity contribution in [3.63, 3.8) is 0 Å². The summed E-state index contributed by atoms with van der Waals surface area (Å²) in [5.74, 6) is 2.45. The molecule has 1 aromatic heterocycles. The molecule has 0 amide bonds. The first-order valence-corrected chi connectivity index (χ1v) is 10.4. The summed E-state index contributed by atoms with van der Waals surface area (Å²) in [5.41, 5.74) is 1.23. The summed E-state index contributed by atoms with van der Waals surface area (Å²) >= 11 is 0. The average molecular weight is 530 g/mol. The van der Waals surface area contributed by atoms with Gasteiger partial charge in [0.1, 0.15) is 12.7 Å². The number of ether oxygens (including phenoxy) is 2. The minimum atomic E-state index is 0. The Bertz CT molecular complexity index is 724. The normalized spacial score (nSPS) is 11.0. The van der Waals surface area contributed by atoms with E-state index in [4.69, 9.17) is 9.47 Å². The summed E-state index contributed by atoms with van der Waals surface area (Å²) in [5, 5.41) is 14.3. The number of hydrogen-bond donors (Lipinski definition) is 2. The van der Waals surface area contributed by atoms with E-state index in [0.29, 0.717) is 6.61 Å². The molecule has 2 rings (SSSR count). The Morgan fingerprint density at radius 1 is 1.07 bits per heavy atom. The lowest BCUT2D eigenvalue weighted by Crippen LogP contribution is -2.38. The van der Waals surface area contributed by atoms with Gasteiger partial charge < -0.3 is 24.7 Å². The van der Waals surface area contributed by atoms with Gasteiger partial charge in [-0.2, -0.15) is 0 Å². The quantitative estimate of drug-likeness (QED) is 0.179. The van der Waals surface area contributed by atoms with Crippen molar-refractivity contribution in [2.75, 3.05) is 33.4 Å². The number of benzene rings is 1. The van der Waals surface area contributed by atoms with Crippen molar-refractivity contribution < 1.29 is 9.47 Å². The highest BCUT2D eigenvalue weighted by atomic mass is 127. The summed E-state index contributed by atoms with van der Waals surface area (Å²) in [4.78, 5) is 4.68. The zero-order chi connectivity index (χ0) is 20.7. The van der Waals surface area contributed by atoms with Crippen molar-refractivity contribution in [2.45, 2.75) is 46.1 Å². The van der Waals surface area contributed by atoms with Gasteiger partial charge in [0.15, 0.2) is 17.5 Å². The molecule has 0 aliphatic heterocycles. The second kappa shape index (κ2) is 15.8. The van der Waals surface area contributed by atoms with Crippen molar-refractivity contribution in [1.82, 2.24) is 25.4 Å². The van der Waals surface area contributed by atoms with E-state index in [1.165, 1.54) is 5.56 Å². The molecule has 0 saturated heterocycles. The van der Waals surface area contributed by atoms with Gasteiger partial charge in [0, 0.05) is 26.2 Å². The second-order valence-electron chi connectivity index (χ2n) is 6.62. The summed E-state index contributed by atoms with van der Waals surface area (Å²) < 4.78 is 13.0. The van der Waals surface area contributed by atoms with E-state index in [1.54, 1.807) is 19.8 Å². The van der Waals surface area contributed by atoms with Gasteiger partial charge in [0.05, 0.1) is 13.7 Å². The van der Waals surface area contributed by atoms with Gasteiger partial charge in [0.2, 0.25) is 0 Å². The monoisotopic (exact) mass is 530 g/mol. The molecule has 0 saturated carbocycles. The highest BCUT2D eigenvalue weighted by molar-refractivity contribution is 14.0. The molecular weight excluding hydrogens is 495 g/mol. The molecule has 0 spiro atoms. The maximum atomic E-state index is 5.65. The largest absolute Gasteiger partial charge is 0.493 e. The van der Waals surface area contributed by atoms with Gasteiger partial charge >= 0.3 is 0 Å². The van der Waals surface area contributed by atoms with E-state index >= 15 is 0 Å². The van der Waals surface area contributed by atoms with Crippen LogP contribution in [0.2, 0.25) is 0 Å². The van der Waals surface area contributed by atoms with Crippen LogP contribution in [0.4, 0.5) is 0 Å². The van der Waals surface area contributed by atoms with Crippen molar-refractivity contribution in [2.24, 2.45) is 4.99 Å². The fraction of sp³-hybridized carbons (Fsp3) is 0.571. The maximum absolute atomic E-state index is 5.65. The number of nitrogens with one attached hydrogen (secondary N) is 2. The predicted octanol–water partition coefficient (Wildman–Crippen LogP) is 3.27. The lowest BCUT2D eigenvalue weighted by molar-refractivity contribution is 0.310. The van der Waals surface area contributed by atoms with E-state index in [2.05, 4.69) is 44.9 Å². The van der Waals surface area contributed by atoms with Crippen LogP contribution in [-0.2, 0) is 13.0 Å². The van der Waals surface area contributed by atoms with E-state index < -0.39 is 0 Å². The SMILES string of the molecule is CCNC(=NCCCc1ccc(OC)c(OCC)c1)NCCCCn1cnnc1.I. The molecule has 1 aromatic carbocycles. The Balaban J connectivity index is 0.00000450. The van der Waals surface area contributed by atoms with Gasteiger partial charge in [-0.05, 0) is 57.2 Å². The third-order valence-electron chi connectivity index (χ3n) is 4.37. The van der Waals surface area contributed by atoms with Gasteiger partial charge in [0.25, 0.3) is 0 Å². The molecule has 0 aliphatic carbocycles. The summed E-state index contributed by atoms with van der Waals surface area (Å²) in [6.07, 6.45) is 7.56. The molecule has 2 aromatic rings. The van der Waals surface area contributed by atoms with E-state index in [9.17, 15) is 0 Å². The van der Waals surface area contributed by atoms with E-state index in [-0.39, 0.29) is 24.0 Å². The molecule has 0 bridgehead atoms.